The molecule has 1 N–H and O–H groups in total. The van der Waals surface area contributed by atoms with E-state index in [0.717, 1.165) is 23.3 Å². The average molecular weight is 271 g/mol. The van der Waals surface area contributed by atoms with Crippen molar-refractivity contribution in [2.45, 2.75) is 34.1 Å². The second-order valence-corrected chi connectivity index (χ2v) is 5.91. The van der Waals surface area contributed by atoms with Crippen LogP contribution in [0.2, 0.25) is 0 Å². The topological polar surface area (TPSA) is 24.9 Å². The first-order valence-electron chi connectivity index (χ1n) is 5.24. The van der Waals surface area contributed by atoms with Crippen LogP contribution in [-0.2, 0) is 0 Å². The Morgan fingerprint density at radius 1 is 1.40 bits per heavy atom. The van der Waals surface area contributed by atoms with Crippen LogP contribution in [0.5, 0.6) is 0 Å². The number of aromatic nitrogens is 1. The normalized spacial score (nSPS) is 11.5. The van der Waals surface area contributed by atoms with Gasteiger partial charge < -0.3 is 5.32 Å². The highest BCUT2D eigenvalue weighted by molar-refractivity contribution is 9.10. The third-order valence-electron chi connectivity index (χ3n) is 2.23. The summed E-state index contributed by atoms with van der Waals surface area (Å²) >= 11 is 3.44. The minimum Gasteiger partial charge on any atom is -0.370 e. The Bertz CT molecular complexity index is 329. The molecule has 1 aromatic rings. The summed E-state index contributed by atoms with van der Waals surface area (Å²) in [5, 5.41) is 3.34. The molecule has 0 saturated heterocycles. The van der Waals surface area contributed by atoms with Crippen LogP contribution in [0, 0.1) is 12.3 Å². The molecule has 0 atom stereocenters. The monoisotopic (exact) mass is 270 g/mol. The molecule has 0 unspecified atom stereocenters. The summed E-state index contributed by atoms with van der Waals surface area (Å²) in [6.07, 6.45) is 2.98. The number of halogens is 1. The molecule has 15 heavy (non-hydrogen) atoms. The molecule has 3 heteroatoms. The van der Waals surface area contributed by atoms with Gasteiger partial charge in [-0.1, -0.05) is 20.8 Å². The molecule has 84 valence electrons. The lowest BCUT2D eigenvalue weighted by Gasteiger charge is -2.18. The molecule has 0 fully saturated rings. The van der Waals surface area contributed by atoms with Crippen LogP contribution < -0.4 is 5.32 Å². The number of hydrogen-bond acceptors (Lipinski definition) is 2. The first-order chi connectivity index (χ1) is 6.88. The summed E-state index contributed by atoms with van der Waals surface area (Å²) in [6.45, 7) is 9.77. The number of anilines is 1. The standard InChI is InChI=1S/C12H19BrN2/c1-9-7-11(15-8-10(9)13)14-6-5-12(2,3)4/h7-8H,5-6H2,1-4H3,(H,14,15). The molecular formula is C12H19BrN2. The molecule has 0 aliphatic carbocycles. The maximum Gasteiger partial charge on any atom is 0.126 e. The van der Waals surface area contributed by atoms with Crippen LogP contribution in [-0.4, -0.2) is 11.5 Å². The zero-order valence-electron chi connectivity index (χ0n) is 9.89. The predicted molar refractivity (Wildman–Crippen MR) is 69.2 cm³/mol. The second kappa shape index (κ2) is 4.97. The molecule has 1 heterocycles. The van der Waals surface area contributed by atoms with Gasteiger partial charge in [-0.25, -0.2) is 4.98 Å². The fourth-order valence-electron chi connectivity index (χ4n) is 1.20. The van der Waals surface area contributed by atoms with Crippen molar-refractivity contribution < 1.29 is 0 Å². The van der Waals surface area contributed by atoms with Crippen LogP contribution >= 0.6 is 15.9 Å². The number of nitrogens with one attached hydrogen (secondary N) is 1. The van der Waals surface area contributed by atoms with Gasteiger partial charge in [-0.05, 0) is 46.3 Å². The van der Waals surface area contributed by atoms with Gasteiger partial charge in [-0.15, -0.1) is 0 Å². The van der Waals surface area contributed by atoms with Crippen molar-refractivity contribution in [3.05, 3.63) is 22.3 Å². The van der Waals surface area contributed by atoms with Gasteiger partial charge in [-0.3, -0.25) is 0 Å². The quantitative estimate of drug-likeness (QED) is 0.898. The lowest BCUT2D eigenvalue weighted by atomic mass is 9.92. The molecule has 0 aromatic carbocycles. The lowest BCUT2D eigenvalue weighted by Crippen LogP contribution is -2.13. The lowest BCUT2D eigenvalue weighted by molar-refractivity contribution is 0.389. The number of nitrogens with zero attached hydrogens (tertiary/aromatic N) is 1. The van der Waals surface area contributed by atoms with Crippen LogP contribution in [0.1, 0.15) is 32.8 Å². The fourth-order valence-corrected chi connectivity index (χ4v) is 1.42. The van der Waals surface area contributed by atoms with E-state index in [4.69, 9.17) is 0 Å². The Balaban J connectivity index is 2.48. The summed E-state index contributed by atoms with van der Waals surface area (Å²) in [7, 11) is 0. The van der Waals surface area contributed by atoms with Crippen molar-refractivity contribution in [3.8, 4) is 0 Å². The molecule has 2 nitrogen and oxygen atoms in total. The van der Waals surface area contributed by atoms with Gasteiger partial charge in [0.1, 0.15) is 5.82 Å². The Hall–Kier alpha value is -0.570. The molecular weight excluding hydrogens is 252 g/mol. The Morgan fingerprint density at radius 2 is 2.07 bits per heavy atom. The smallest absolute Gasteiger partial charge is 0.126 e. The minimum absolute atomic E-state index is 0.372. The molecule has 0 aliphatic heterocycles. The molecule has 1 aromatic heterocycles. The van der Waals surface area contributed by atoms with Crippen molar-refractivity contribution in [2.24, 2.45) is 5.41 Å². The van der Waals surface area contributed by atoms with Gasteiger partial charge in [0.2, 0.25) is 0 Å². The maximum absolute atomic E-state index is 4.30. The Morgan fingerprint density at radius 3 is 2.60 bits per heavy atom. The highest BCUT2D eigenvalue weighted by Gasteiger charge is 2.09. The van der Waals surface area contributed by atoms with Crippen molar-refractivity contribution >= 4 is 21.7 Å². The summed E-state index contributed by atoms with van der Waals surface area (Å²) in [6, 6.07) is 2.06. The number of hydrogen-bond donors (Lipinski definition) is 1. The molecule has 0 bridgehead atoms. The van der Waals surface area contributed by atoms with Gasteiger partial charge in [0.15, 0.2) is 0 Å². The summed E-state index contributed by atoms with van der Waals surface area (Å²) in [4.78, 5) is 4.30. The summed E-state index contributed by atoms with van der Waals surface area (Å²) in [5.41, 5.74) is 1.58. The third kappa shape index (κ3) is 4.65. The largest absolute Gasteiger partial charge is 0.370 e. The SMILES string of the molecule is Cc1cc(NCCC(C)(C)C)ncc1Br. The molecule has 0 radical (unpaired) electrons. The van der Waals surface area contributed by atoms with Gasteiger partial charge >= 0.3 is 0 Å². The van der Waals surface area contributed by atoms with Crippen LogP contribution in [0.4, 0.5) is 5.82 Å². The Labute approximate surface area is 101 Å². The molecule has 0 saturated carbocycles. The molecule has 0 aliphatic rings. The van der Waals surface area contributed by atoms with Gasteiger partial charge in [0.05, 0.1) is 0 Å². The summed E-state index contributed by atoms with van der Waals surface area (Å²) < 4.78 is 1.06. The average Bonchev–Trinajstić information content (AvgIpc) is 2.09. The van der Waals surface area contributed by atoms with E-state index in [1.807, 2.05) is 6.20 Å². The van der Waals surface area contributed by atoms with E-state index in [9.17, 15) is 0 Å². The second-order valence-electron chi connectivity index (χ2n) is 5.06. The van der Waals surface area contributed by atoms with E-state index in [2.05, 4.69) is 60.0 Å². The van der Waals surface area contributed by atoms with Crippen LogP contribution in [0.15, 0.2) is 16.7 Å². The highest BCUT2D eigenvalue weighted by atomic mass is 79.9. The number of pyridine rings is 1. The summed E-state index contributed by atoms with van der Waals surface area (Å²) in [5.74, 6) is 0.958. The molecule has 1 rings (SSSR count). The van der Waals surface area contributed by atoms with E-state index in [0.29, 0.717) is 5.41 Å². The molecule has 0 amide bonds. The van der Waals surface area contributed by atoms with Crippen molar-refractivity contribution in [2.75, 3.05) is 11.9 Å². The van der Waals surface area contributed by atoms with Crippen molar-refractivity contribution in [3.63, 3.8) is 0 Å². The van der Waals surface area contributed by atoms with E-state index in [-0.39, 0.29) is 0 Å². The third-order valence-corrected chi connectivity index (χ3v) is 3.06. The van der Waals surface area contributed by atoms with Crippen LogP contribution in [0.25, 0.3) is 0 Å². The fraction of sp³-hybridized carbons (Fsp3) is 0.583. The zero-order chi connectivity index (χ0) is 11.5. The zero-order valence-corrected chi connectivity index (χ0v) is 11.5. The van der Waals surface area contributed by atoms with Gasteiger partial charge in [-0.2, -0.15) is 0 Å². The van der Waals surface area contributed by atoms with E-state index >= 15 is 0 Å². The van der Waals surface area contributed by atoms with Gasteiger partial charge in [0.25, 0.3) is 0 Å². The van der Waals surface area contributed by atoms with Crippen LogP contribution in [0.3, 0.4) is 0 Å². The van der Waals surface area contributed by atoms with E-state index in [1.165, 1.54) is 5.56 Å². The predicted octanol–water partition coefficient (Wildman–Crippen LogP) is 4.00. The maximum atomic E-state index is 4.30. The Kier molecular flexibility index (Phi) is 4.14. The first kappa shape index (κ1) is 12.5. The number of rotatable bonds is 3. The van der Waals surface area contributed by atoms with E-state index < -0.39 is 0 Å². The van der Waals surface area contributed by atoms with E-state index in [1.54, 1.807) is 0 Å². The number of aryl methyl sites for hydroxylation is 1. The van der Waals surface area contributed by atoms with Crippen molar-refractivity contribution in [1.29, 1.82) is 0 Å². The van der Waals surface area contributed by atoms with Crippen molar-refractivity contribution in [1.82, 2.24) is 4.98 Å². The minimum atomic E-state index is 0.372. The highest BCUT2D eigenvalue weighted by Crippen LogP contribution is 2.20. The van der Waals surface area contributed by atoms with Gasteiger partial charge in [0, 0.05) is 17.2 Å². The molecule has 0 spiro atoms. The first-order valence-corrected chi connectivity index (χ1v) is 6.04.